The van der Waals surface area contributed by atoms with Gasteiger partial charge in [-0.25, -0.2) is 4.79 Å². The van der Waals surface area contributed by atoms with Crippen LogP contribution in [0.25, 0.3) is 0 Å². The van der Waals surface area contributed by atoms with Crippen molar-refractivity contribution < 1.29 is 9.21 Å². The molecular formula is C16H18N2O2S. The molecule has 0 aliphatic carbocycles. The molecule has 1 aliphatic rings. The number of furan rings is 1. The highest BCUT2D eigenvalue weighted by atomic mass is 32.2. The Kier molecular flexibility index (Phi) is 4.20. The van der Waals surface area contributed by atoms with Gasteiger partial charge < -0.3 is 14.6 Å². The molecule has 1 atom stereocenters. The van der Waals surface area contributed by atoms with E-state index >= 15 is 0 Å². The minimum atomic E-state index is -0.0744. The van der Waals surface area contributed by atoms with Gasteiger partial charge in [0.05, 0.1) is 6.26 Å². The van der Waals surface area contributed by atoms with Gasteiger partial charge in [0, 0.05) is 18.0 Å². The Morgan fingerprint density at radius 3 is 3.10 bits per heavy atom. The molecule has 0 unspecified atom stereocenters. The number of hydrogen-bond donors (Lipinski definition) is 1. The zero-order valence-corrected chi connectivity index (χ0v) is 12.7. The summed E-state index contributed by atoms with van der Waals surface area (Å²) in [6.45, 7) is 2.83. The minimum Gasteiger partial charge on any atom is -0.466 e. The Hall–Kier alpha value is -1.88. The lowest BCUT2D eigenvalue weighted by Gasteiger charge is -2.22. The molecule has 1 N–H and O–H groups in total. The van der Waals surface area contributed by atoms with Gasteiger partial charge in [-0.1, -0.05) is 19.1 Å². The predicted molar refractivity (Wildman–Crippen MR) is 85.5 cm³/mol. The zero-order valence-electron chi connectivity index (χ0n) is 11.9. The molecule has 0 bridgehead atoms. The molecule has 21 heavy (non-hydrogen) atoms. The second kappa shape index (κ2) is 6.26. The first kappa shape index (κ1) is 14.1. The van der Waals surface area contributed by atoms with Crippen molar-refractivity contribution in [1.29, 1.82) is 0 Å². The first-order valence-corrected chi connectivity index (χ1v) is 8.14. The summed E-state index contributed by atoms with van der Waals surface area (Å²) in [4.78, 5) is 14.3. The standard InChI is InChI=1S/C16H18N2O2S/c1-2-12-5-3-6-13(11-12)17-16(19)18-8-10-21-15(18)14-7-4-9-20-14/h3-7,9,11,15H,2,8,10H2,1H3,(H,17,19)/t15-/m0/s1. The van der Waals surface area contributed by atoms with Gasteiger partial charge in [0.25, 0.3) is 0 Å². The van der Waals surface area contributed by atoms with Crippen molar-refractivity contribution in [2.45, 2.75) is 18.7 Å². The first-order chi connectivity index (χ1) is 10.3. The summed E-state index contributed by atoms with van der Waals surface area (Å²) in [7, 11) is 0. The lowest BCUT2D eigenvalue weighted by atomic mass is 10.1. The van der Waals surface area contributed by atoms with Crippen LogP contribution in [0.15, 0.2) is 47.1 Å². The fourth-order valence-electron chi connectivity index (χ4n) is 2.41. The highest BCUT2D eigenvalue weighted by Gasteiger charge is 2.32. The normalized spacial score (nSPS) is 18.0. The van der Waals surface area contributed by atoms with E-state index in [0.29, 0.717) is 0 Å². The third-order valence-electron chi connectivity index (χ3n) is 3.52. The van der Waals surface area contributed by atoms with Gasteiger partial charge in [-0.05, 0) is 36.2 Å². The molecule has 0 saturated carbocycles. The smallest absolute Gasteiger partial charge is 0.323 e. The summed E-state index contributed by atoms with van der Waals surface area (Å²) in [5.74, 6) is 1.75. The molecule has 5 heteroatoms. The predicted octanol–water partition coefficient (Wildman–Crippen LogP) is 4.12. The maximum atomic E-state index is 12.5. The van der Waals surface area contributed by atoms with Crippen LogP contribution in [0.2, 0.25) is 0 Å². The monoisotopic (exact) mass is 302 g/mol. The van der Waals surface area contributed by atoms with Crippen molar-refractivity contribution in [3.05, 3.63) is 54.0 Å². The lowest BCUT2D eigenvalue weighted by Crippen LogP contribution is -2.34. The highest BCUT2D eigenvalue weighted by Crippen LogP contribution is 2.38. The van der Waals surface area contributed by atoms with Gasteiger partial charge in [0.1, 0.15) is 11.1 Å². The fourth-order valence-corrected chi connectivity index (χ4v) is 3.61. The number of anilines is 1. The Morgan fingerprint density at radius 1 is 1.43 bits per heavy atom. The molecule has 110 valence electrons. The van der Waals surface area contributed by atoms with Crippen LogP contribution < -0.4 is 5.32 Å². The van der Waals surface area contributed by atoms with Crippen molar-refractivity contribution >= 4 is 23.5 Å². The largest absolute Gasteiger partial charge is 0.466 e. The zero-order chi connectivity index (χ0) is 14.7. The quantitative estimate of drug-likeness (QED) is 0.927. The summed E-state index contributed by atoms with van der Waals surface area (Å²) in [6, 6.07) is 11.7. The van der Waals surface area contributed by atoms with E-state index in [1.165, 1.54) is 5.56 Å². The average molecular weight is 302 g/mol. The molecule has 2 amide bonds. The van der Waals surface area contributed by atoms with Gasteiger partial charge in [-0.2, -0.15) is 0 Å². The Balaban J connectivity index is 1.72. The van der Waals surface area contributed by atoms with Crippen LogP contribution in [0.3, 0.4) is 0 Å². The first-order valence-electron chi connectivity index (χ1n) is 7.09. The number of aryl methyl sites for hydroxylation is 1. The topological polar surface area (TPSA) is 45.5 Å². The van der Waals surface area contributed by atoms with Crippen LogP contribution in [-0.4, -0.2) is 23.2 Å². The minimum absolute atomic E-state index is 0.0330. The number of nitrogens with zero attached hydrogens (tertiary/aromatic N) is 1. The summed E-state index contributed by atoms with van der Waals surface area (Å²) in [6.07, 6.45) is 2.60. The van der Waals surface area contributed by atoms with Crippen molar-refractivity contribution in [2.24, 2.45) is 0 Å². The van der Waals surface area contributed by atoms with Crippen LogP contribution >= 0.6 is 11.8 Å². The molecule has 1 fully saturated rings. The van der Waals surface area contributed by atoms with Crippen LogP contribution in [-0.2, 0) is 6.42 Å². The second-order valence-electron chi connectivity index (χ2n) is 4.92. The maximum Gasteiger partial charge on any atom is 0.323 e. The summed E-state index contributed by atoms with van der Waals surface area (Å²) in [5, 5.41) is 2.95. The number of carbonyl (C=O) groups excluding carboxylic acids is 1. The van der Waals surface area contributed by atoms with Crippen LogP contribution in [0.1, 0.15) is 23.6 Å². The summed E-state index contributed by atoms with van der Waals surface area (Å²) >= 11 is 1.73. The molecule has 0 radical (unpaired) electrons. The number of urea groups is 1. The molecule has 0 spiro atoms. The molecule has 1 aliphatic heterocycles. The van der Waals surface area contributed by atoms with Crippen molar-refractivity contribution in [1.82, 2.24) is 4.90 Å². The molecule has 1 saturated heterocycles. The Morgan fingerprint density at radius 2 is 2.33 bits per heavy atom. The third-order valence-corrected chi connectivity index (χ3v) is 4.75. The Labute approximate surface area is 128 Å². The number of amides is 2. The number of thioether (sulfide) groups is 1. The number of nitrogens with one attached hydrogen (secondary N) is 1. The van der Waals surface area contributed by atoms with E-state index in [4.69, 9.17) is 4.42 Å². The SMILES string of the molecule is CCc1cccc(NC(=O)N2CCS[C@H]2c2ccco2)c1. The van der Waals surface area contributed by atoms with Crippen molar-refractivity contribution in [3.63, 3.8) is 0 Å². The van der Waals surface area contributed by atoms with Crippen LogP contribution in [0.4, 0.5) is 10.5 Å². The van der Waals surface area contributed by atoms with E-state index in [1.807, 2.05) is 35.2 Å². The van der Waals surface area contributed by atoms with Gasteiger partial charge in [-0.15, -0.1) is 11.8 Å². The number of carbonyl (C=O) groups is 1. The number of benzene rings is 1. The molecule has 2 aromatic rings. The third kappa shape index (κ3) is 3.08. The molecule has 2 heterocycles. The average Bonchev–Trinajstić information content (AvgIpc) is 3.18. The van der Waals surface area contributed by atoms with E-state index < -0.39 is 0 Å². The molecule has 3 rings (SSSR count). The second-order valence-corrected chi connectivity index (χ2v) is 6.10. The van der Waals surface area contributed by atoms with E-state index in [0.717, 1.165) is 30.2 Å². The maximum absolute atomic E-state index is 12.5. The lowest BCUT2D eigenvalue weighted by molar-refractivity contribution is 0.210. The molecule has 1 aromatic heterocycles. The van der Waals surface area contributed by atoms with E-state index in [-0.39, 0.29) is 11.4 Å². The van der Waals surface area contributed by atoms with Gasteiger partial charge in [0.15, 0.2) is 0 Å². The van der Waals surface area contributed by atoms with E-state index in [1.54, 1.807) is 18.0 Å². The Bertz CT molecular complexity index is 612. The van der Waals surface area contributed by atoms with Crippen LogP contribution in [0, 0.1) is 0 Å². The fraction of sp³-hybridized carbons (Fsp3) is 0.312. The van der Waals surface area contributed by atoms with Gasteiger partial charge >= 0.3 is 6.03 Å². The summed E-state index contributed by atoms with van der Waals surface area (Å²) in [5.41, 5.74) is 2.06. The van der Waals surface area contributed by atoms with Crippen molar-refractivity contribution in [3.8, 4) is 0 Å². The van der Waals surface area contributed by atoms with E-state index in [9.17, 15) is 4.79 Å². The van der Waals surface area contributed by atoms with Crippen LogP contribution in [0.5, 0.6) is 0 Å². The molecule has 1 aromatic carbocycles. The summed E-state index contributed by atoms with van der Waals surface area (Å²) < 4.78 is 5.44. The van der Waals surface area contributed by atoms with E-state index in [2.05, 4.69) is 18.3 Å². The van der Waals surface area contributed by atoms with Gasteiger partial charge in [0.2, 0.25) is 0 Å². The highest BCUT2D eigenvalue weighted by molar-refractivity contribution is 7.99. The van der Waals surface area contributed by atoms with Crippen molar-refractivity contribution in [2.75, 3.05) is 17.6 Å². The number of rotatable bonds is 3. The molecule has 4 nitrogen and oxygen atoms in total. The molecular weight excluding hydrogens is 284 g/mol. The van der Waals surface area contributed by atoms with Gasteiger partial charge in [-0.3, -0.25) is 0 Å². The number of hydrogen-bond acceptors (Lipinski definition) is 3.